The number of nitrogens with one attached hydrogen (secondary N) is 1. The fourth-order valence-corrected chi connectivity index (χ4v) is 3.40. The Bertz CT molecular complexity index is 523. The van der Waals surface area contributed by atoms with Crippen LogP contribution >= 0.6 is 0 Å². The van der Waals surface area contributed by atoms with E-state index in [1.54, 1.807) is 6.20 Å². The third-order valence-electron chi connectivity index (χ3n) is 4.87. The lowest BCUT2D eigenvalue weighted by molar-refractivity contribution is -0.130. The largest absolute Gasteiger partial charge is 0.392 e. The summed E-state index contributed by atoms with van der Waals surface area (Å²) >= 11 is 0. The van der Waals surface area contributed by atoms with E-state index in [0.29, 0.717) is 5.92 Å². The molecule has 1 aromatic carbocycles. The van der Waals surface area contributed by atoms with Crippen LogP contribution in [0.3, 0.4) is 0 Å². The summed E-state index contributed by atoms with van der Waals surface area (Å²) in [6, 6.07) is 9.41. The zero-order valence-electron chi connectivity index (χ0n) is 14.7. The summed E-state index contributed by atoms with van der Waals surface area (Å²) in [6.07, 6.45) is 8.43. The van der Waals surface area contributed by atoms with Gasteiger partial charge in [0.2, 0.25) is 0 Å². The maximum Gasteiger partial charge on any atom is 0.257 e. The molecular formula is C20H29NO3. The van der Waals surface area contributed by atoms with Crippen LogP contribution in [0.1, 0.15) is 50.7 Å². The van der Waals surface area contributed by atoms with Crippen LogP contribution in [0.4, 0.5) is 0 Å². The van der Waals surface area contributed by atoms with Crippen LogP contribution in [0.15, 0.2) is 42.6 Å². The molecule has 1 aliphatic carbocycles. The number of aliphatic hydroxyl groups excluding tert-OH is 1. The van der Waals surface area contributed by atoms with Gasteiger partial charge in [-0.05, 0) is 24.3 Å². The second-order valence-corrected chi connectivity index (χ2v) is 6.64. The van der Waals surface area contributed by atoms with Crippen LogP contribution < -0.4 is 5.32 Å². The Kier molecular flexibility index (Phi) is 7.47. The van der Waals surface area contributed by atoms with Gasteiger partial charge in [-0.3, -0.25) is 4.79 Å². The van der Waals surface area contributed by atoms with Crippen LogP contribution in [0.2, 0.25) is 0 Å². The maximum atomic E-state index is 12.3. The van der Waals surface area contributed by atoms with Crippen molar-refractivity contribution in [1.82, 2.24) is 5.32 Å². The fraction of sp³-hybridized carbons (Fsp3) is 0.550. The molecule has 1 aromatic rings. The molecule has 0 unspecified atom stereocenters. The van der Waals surface area contributed by atoms with E-state index in [0.717, 1.165) is 18.4 Å². The Morgan fingerprint density at radius 2 is 1.92 bits per heavy atom. The second-order valence-electron chi connectivity index (χ2n) is 6.64. The van der Waals surface area contributed by atoms with Crippen LogP contribution in [-0.4, -0.2) is 24.2 Å². The first-order chi connectivity index (χ1) is 11.6. The topological polar surface area (TPSA) is 58.6 Å². The van der Waals surface area contributed by atoms with Gasteiger partial charge in [0.15, 0.2) is 6.10 Å². The van der Waals surface area contributed by atoms with Gasteiger partial charge in [-0.25, -0.2) is 0 Å². The Morgan fingerprint density at radius 1 is 1.25 bits per heavy atom. The Morgan fingerprint density at radius 3 is 2.54 bits per heavy atom. The molecule has 132 valence electrons. The zero-order valence-corrected chi connectivity index (χ0v) is 14.7. The number of hydrogen-bond donors (Lipinski definition) is 2. The summed E-state index contributed by atoms with van der Waals surface area (Å²) in [6.45, 7) is 1.99. The van der Waals surface area contributed by atoms with Gasteiger partial charge < -0.3 is 15.2 Å². The van der Waals surface area contributed by atoms with E-state index in [1.165, 1.54) is 26.4 Å². The monoisotopic (exact) mass is 331 g/mol. The summed E-state index contributed by atoms with van der Waals surface area (Å²) < 4.78 is 5.30. The van der Waals surface area contributed by atoms with E-state index in [4.69, 9.17) is 4.74 Å². The van der Waals surface area contributed by atoms with Gasteiger partial charge in [0.25, 0.3) is 5.91 Å². The molecule has 2 N–H and O–H groups in total. The number of carbonyl (C=O) groups excluding carboxylic acids is 1. The van der Waals surface area contributed by atoms with Crippen molar-refractivity contribution in [3.8, 4) is 0 Å². The minimum Gasteiger partial charge on any atom is -0.392 e. The molecule has 0 spiro atoms. The van der Waals surface area contributed by atoms with E-state index in [1.807, 2.05) is 43.3 Å². The molecule has 1 aliphatic rings. The normalized spacial score (nSPS) is 19.8. The predicted molar refractivity (Wildman–Crippen MR) is 95.2 cm³/mol. The molecule has 2 rings (SSSR count). The van der Waals surface area contributed by atoms with E-state index in [-0.39, 0.29) is 17.9 Å². The van der Waals surface area contributed by atoms with Crippen molar-refractivity contribution < 1.29 is 14.6 Å². The third kappa shape index (κ3) is 5.18. The first-order valence-electron chi connectivity index (χ1n) is 8.86. The number of amides is 1. The Labute approximate surface area is 144 Å². The average molecular weight is 331 g/mol. The first kappa shape index (κ1) is 18.7. The van der Waals surface area contributed by atoms with Gasteiger partial charge >= 0.3 is 0 Å². The van der Waals surface area contributed by atoms with Gasteiger partial charge in [-0.1, -0.05) is 62.6 Å². The van der Waals surface area contributed by atoms with Crippen molar-refractivity contribution in [2.24, 2.45) is 11.8 Å². The predicted octanol–water partition coefficient (Wildman–Crippen LogP) is 3.58. The molecule has 1 amide bonds. The minimum atomic E-state index is -0.630. The van der Waals surface area contributed by atoms with Crippen molar-refractivity contribution in [3.05, 3.63) is 48.2 Å². The number of hydrogen-bond acceptors (Lipinski definition) is 3. The summed E-state index contributed by atoms with van der Waals surface area (Å²) in [5.74, 6) is 0.190. The van der Waals surface area contributed by atoms with Crippen molar-refractivity contribution in [2.75, 3.05) is 7.11 Å². The van der Waals surface area contributed by atoms with Gasteiger partial charge in [-0.2, -0.15) is 0 Å². The summed E-state index contributed by atoms with van der Waals surface area (Å²) in [5, 5.41) is 13.2. The fourth-order valence-electron chi connectivity index (χ4n) is 3.40. The molecule has 1 fully saturated rings. The summed E-state index contributed by atoms with van der Waals surface area (Å²) in [5.41, 5.74) is 0.821. The van der Waals surface area contributed by atoms with Crippen molar-refractivity contribution in [1.29, 1.82) is 0 Å². The summed E-state index contributed by atoms with van der Waals surface area (Å²) in [4.78, 5) is 12.3. The minimum absolute atomic E-state index is 0.0196. The number of aliphatic hydroxyl groups is 1. The molecule has 3 atom stereocenters. The van der Waals surface area contributed by atoms with Crippen LogP contribution in [0, 0.1) is 11.8 Å². The number of benzene rings is 1. The molecule has 1 saturated carbocycles. The smallest absolute Gasteiger partial charge is 0.257 e. The van der Waals surface area contributed by atoms with E-state index < -0.39 is 6.10 Å². The second kappa shape index (κ2) is 9.60. The lowest BCUT2D eigenvalue weighted by Crippen LogP contribution is -2.29. The number of rotatable bonds is 7. The number of ether oxygens (including phenoxy) is 1. The third-order valence-corrected chi connectivity index (χ3v) is 4.87. The van der Waals surface area contributed by atoms with E-state index in [9.17, 15) is 9.90 Å². The zero-order chi connectivity index (χ0) is 17.4. The van der Waals surface area contributed by atoms with Crippen LogP contribution in [0.5, 0.6) is 0 Å². The SMILES string of the molecule is CO[C@H](C(=O)N/C=C\[C@@H](C)[C@@H](O)C1CCCCC1)c1ccccc1. The highest BCUT2D eigenvalue weighted by Crippen LogP contribution is 2.29. The highest BCUT2D eigenvalue weighted by Gasteiger charge is 2.25. The molecule has 0 aliphatic heterocycles. The molecule has 0 radical (unpaired) electrons. The molecule has 4 nitrogen and oxygen atoms in total. The molecule has 0 aromatic heterocycles. The maximum absolute atomic E-state index is 12.3. The van der Waals surface area contributed by atoms with Gasteiger partial charge in [0, 0.05) is 19.2 Å². The number of carbonyl (C=O) groups is 1. The van der Waals surface area contributed by atoms with Crippen LogP contribution in [0.25, 0.3) is 0 Å². The number of methoxy groups -OCH3 is 1. The van der Waals surface area contributed by atoms with Crippen molar-refractivity contribution in [3.63, 3.8) is 0 Å². The molecule has 0 heterocycles. The van der Waals surface area contributed by atoms with Gasteiger partial charge in [-0.15, -0.1) is 0 Å². The highest BCUT2D eigenvalue weighted by atomic mass is 16.5. The standard InChI is InChI=1S/C20H29NO3/c1-15(18(22)16-9-5-3-6-10-16)13-14-21-20(23)19(24-2)17-11-7-4-8-12-17/h4,7-8,11-16,18-19,22H,3,5-6,9-10H2,1-2H3,(H,21,23)/b14-13-/t15-,18-,19+/m1/s1. The Balaban J connectivity index is 1.86. The van der Waals surface area contributed by atoms with Gasteiger partial charge in [0.1, 0.15) is 0 Å². The average Bonchev–Trinajstić information content (AvgIpc) is 2.63. The Hall–Kier alpha value is -1.65. The lowest BCUT2D eigenvalue weighted by atomic mass is 9.81. The first-order valence-corrected chi connectivity index (χ1v) is 8.86. The van der Waals surface area contributed by atoms with Crippen molar-refractivity contribution in [2.45, 2.75) is 51.2 Å². The van der Waals surface area contributed by atoms with Gasteiger partial charge in [0.05, 0.1) is 6.10 Å². The molecule has 0 bridgehead atoms. The highest BCUT2D eigenvalue weighted by molar-refractivity contribution is 5.83. The summed E-state index contributed by atoms with van der Waals surface area (Å²) in [7, 11) is 1.52. The van der Waals surface area contributed by atoms with Crippen molar-refractivity contribution >= 4 is 5.91 Å². The molecule has 0 saturated heterocycles. The molecular weight excluding hydrogens is 302 g/mol. The quantitative estimate of drug-likeness (QED) is 0.803. The van der Waals surface area contributed by atoms with E-state index in [2.05, 4.69) is 5.32 Å². The molecule has 24 heavy (non-hydrogen) atoms. The molecule has 4 heteroatoms. The van der Waals surface area contributed by atoms with E-state index >= 15 is 0 Å². The van der Waals surface area contributed by atoms with Crippen LogP contribution in [-0.2, 0) is 9.53 Å². The lowest BCUT2D eigenvalue weighted by Gasteiger charge is -2.29.